The molecule has 1 aromatic rings. The Morgan fingerprint density at radius 1 is 1.14 bits per heavy atom. The van der Waals surface area contributed by atoms with Crippen molar-refractivity contribution in [3.8, 4) is 5.75 Å². The summed E-state index contributed by atoms with van der Waals surface area (Å²) in [7, 11) is 2.40. The Labute approximate surface area is 132 Å². The first-order chi connectivity index (χ1) is 10.5. The standard InChI is InChI=1S/C16H25N2O3P/c1-17-14-6-4-5-7-15(14)18(2)22(17,20)16(19)12-8-10-13(21-3)11-9-12/h8-11,14-16,19H,4-7H2,1-3H3/t14-,15-,16?/m1/s1. The van der Waals surface area contributed by atoms with Gasteiger partial charge in [0.2, 0.25) is 7.44 Å². The molecule has 3 atom stereocenters. The van der Waals surface area contributed by atoms with E-state index in [4.69, 9.17) is 4.74 Å². The maximum Gasteiger partial charge on any atom is 0.248 e. The fourth-order valence-electron chi connectivity index (χ4n) is 3.93. The smallest absolute Gasteiger partial charge is 0.248 e. The number of rotatable bonds is 3. The molecule has 2 aliphatic rings. The number of ether oxygens (including phenoxy) is 1. The molecule has 0 bridgehead atoms. The van der Waals surface area contributed by atoms with Crippen molar-refractivity contribution < 1.29 is 14.4 Å². The molecule has 6 heteroatoms. The summed E-state index contributed by atoms with van der Waals surface area (Å²) in [5.41, 5.74) is 0.682. The number of aliphatic hydroxyl groups excluding tert-OH is 1. The van der Waals surface area contributed by atoms with Crippen LogP contribution in [0.25, 0.3) is 0 Å². The summed E-state index contributed by atoms with van der Waals surface area (Å²) in [6.07, 6.45) is 4.48. The van der Waals surface area contributed by atoms with Gasteiger partial charge < -0.3 is 9.84 Å². The third-order valence-corrected chi connectivity index (χ3v) is 8.63. The van der Waals surface area contributed by atoms with E-state index in [2.05, 4.69) is 0 Å². The largest absolute Gasteiger partial charge is 0.497 e. The molecule has 1 saturated heterocycles. The average molecular weight is 324 g/mol. The minimum absolute atomic E-state index is 0.289. The zero-order valence-corrected chi connectivity index (χ0v) is 14.4. The summed E-state index contributed by atoms with van der Waals surface area (Å²) in [5.74, 6) is -0.255. The molecule has 1 aromatic carbocycles. The molecule has 1 saturated carbocycles. The predicted octanol–water partition coefficient (Wildman–Crippen LogP) is 3.07. The average Bonchev–Trinajstić information content (AvgIpc) is 2.77. The van der Waals surface area contributed by atoms with Gasteiger partial charge in [-0.2, -0.15) is 0 Å². The molecule has 1 aliphatic carbocycles. The van der Waals surface area contributed by atoms with Crippen LogP contribution in [-0.2, 0) is 4.57 Å². The van der Waals surface area contributed by atoms with E-state index in [1.54, 1.807) is 31.4 Å². The highest BCUT2D eigenvalue weighted by molar-refractivity contribution is 7.59. The van der Waals surface area contributed by atoms with E-state index in [0.29, 0.717) is 5.56 Å². The van der Waals surface area contributed by atoms with Crippen LogP contribution in [-0.4, -0.2) is 47.7 Å². The monoisotopic (exact) mass is 324 g/mol. The zero-order valence-electron chi connectivity index (χ0n) is 13.5. The molecule has 122 valence electrons. The molecule has 22 heavy (non-hydrogen) atoms. The minimum Gasteiger partial charge on any atom is -0.497 e. The highest BCUT2D eigenvalue weighted by atomic mass is 31.2. The molecule has 1 heterocycles. The molecular weight excluding hydrogens is 299 g/mol. The van der Waals surface area contributed by atoms with Crippen LogP contribution < -0.4 is 4.74 Å². The van der Waals surface area contributed by atoms with Crippen molar-refractivity contribution in [3.63, 3.8) is 0 Å². The number of nitrogens with zero attached hydrogens (tertiary/aromatic N) is 2. The van der Waals surface area contributed by atoms with E-state index in [1.807, 2.05) is 23.4 Å². The van der Waals surface area contributed by atoms with Gasteiger partial charge in [-0.15, -0.1) is 0 Å². The van der Waals surface area contributed by atoms with Crippen LogP contribution in [0.1, 0.15) is 37.1 Å². The molecule has 1 unspecified atom stereocenters. The molecule has 5 nitrogen and oxygen atoms in total. The quantitative estimate of drug-likeness (QED) is 0.866. The van der Waals surface area contributed by atoms with Gasteiger partial charge in [0.15, 0.2) is 5.85 Å². The Morgan fingerprint density at radius 3 is 2.09 bits per heavy atom. The predicted molar refractivity (Wildman–Crippen MR) is 87.1 cm³/mol. The van der Waals surface area contributed by atoms with Crippen molar-refractivity contribution in [1.82, 2.24) is 9.34 Å². The van der Waals surface area contributed by atoms with Gasteiger partial charge in [-0.3, -0.25) is 4.57 Å². The van der Waals surface area contributed by atoms with Crippen molar-refractivity contribution in [2.24, 2.45) is 0 Å². The lowest BCUT2D eigenvalue weighted by Gasteiger charge is -2.31. The van der Waals surface area contributed by atoms with Gasteiger partial charge in [0.1, 0.15) is 5.75 Å². The summed E-state index contributed by atoms with van der Waals surface area (Å²) in [5, 5.41) is 10.8. The molecular formula is C16H25N2O3P. The second-order valence-electron chi connectivity index (χ2n) is 6.30. The van der Waals surface area contributed by atoms with Gasteiger partial charge in [0, 0.05) is 12.1 Å². The third-order valence-electron chi connectivity index (χ3n) is 5.29. The van der Waals surface area contributed by atoms with E-state index in [0.717, 1.165) is 18.6 Å². The summed E-state index contributed by atoms with van der Waals surface area (Å²) in [6.45, 7) is 0. The summed E-state index contributed by atoms with van der Waals surface area (Å²) in [6, 6.07) is 7.77. The number of benzene rings is 1. The van der Waals surface area contributed by atoms with Crippen molar-refractivity contribution in [2.45, 2.75) is 43.6 Å². The van der Waals surface area contributed by atoms with Gasteiger partial charge in [-0.25, -0.2) is 9.34 Å². The van der Waals surface area contributed by atoms with E-state index in [1.165, 1.54) is 12.8 Å². The van der Waals surface area contributed by atoms with Crippen LogP contribution in [0.4, 0.5) is 0 Å². The Bertz CT molecular complexity index is 555. The van der Waals surface area contributed by atoms with E-state index >= 15 is 0 Å². The number of hydrogen-bond acceptors (Lipinski definition) is 3. The van der Waals surface area contributed by atoms with Crippen LogP contribution >= 0.6 is 7.44 Å². The summed E-state index contributed by atoms with van der Waals surface area (Å²) >= 11 is 0. The topological polar surface area (TPSA) is 53.0 Å². The molecule has 0 amide bonds. The van der Waals surface area contributed by atoms with Crippen molar-refractivity contribution >= 4 is 7.44 Å². The van der Waals surface area contributed by atoms with Crippen LogP contribution in [0.5, 0.6) is 5.75 Å². The first-order valence-corrected chi connectivity index (χ1v) is 9.56. The van der Waals surface area contributed by atoms with E-state index < -0.39 is 13.3 Å². The number of aliphatic hydroxyl groups is 1. The molecule has 2 fully saturated rings. The van der Waals surface area contributed by atoms with Gasteiger partial charge in [0.05, 0.1) is 7.11 Å². The second-order valence-corrected chi connectivity index (χ2v) is 9.23. The lowest BCUT2D eigenvalue weighted by atomic mass is 9.91. The van der Waals surface area contributed by atoms with Crippen LogP contribution in [0.3, 0.4) is 0 Å². The van der Waals surface area contributed by atoms with Crippen molar-refractivity contribution in [3.05, 3.63) is 29.8 Å². The molecule has 0 aromatic heterocycles. The fraction of sp³-hybridized carbons (Fsp3) is 0.625. The second kappa shape index (κ2) is 5.97. The highest BCUT2D eigenvalue weighted by Gasteiger charge is 2.55. The number of hydrogen-bond donors (Lipinski definition) is 1. The molecule has 1 N–H and O–H groups in total. The Balaban J connectivity index is 1.92. The first-order valence-electron chi connectivity index (χ1n) is 7.88. The van der Waals surface area contributed by atoms with Gasteiger partial charge >= 0.3 is 0 Å². The molecule has 3 rings (SSSR count). The Kier molecular flexibility index (Phi) is 4.34. The van der Waals surface area contributed by atoms with Gasteiger partial charge in [-0.05, 0) is 44.6 Å². The zero-order chi connectivity index (χ0) is 15.9. The van der Waals surface area contributed by atoms with Crippen LogP contribution in [0, 0.1) is 0 Å². The van der Waals surface area contributed by atoms with Crippen molar-refractivity contribution in [1.29, 1.82) is 0 Å². The SMILES string of the molecule is COc1ccc(C(O)P2(=O)N(C)[C@@H]3CCCC[C@H]3N2C)cc1. The normalized spacial score (nSPS) is 30.0. The Morgan fingerprint density at radius 2 is 1.64 bits per heavy atom. The van der Waals surface area contributed by atoms with E-state index in [-0.39, 0.29) is 12.1 Å². The Hall–Kier alpha value is -0.870. The minimum atomic E-state index is -3.01. The third kappa shape index (κ3) is 2.31. The first kappa shape index (κ1) is 16.0. The van der Waals surface area contributed by atoms with Crippen LogP contribution in [0.15, 0.2) is 24.3 Å². The maximum atomic E-state index is 13.7. The van der Waals surface area contributed by atoms with E-state index in [9.17, 15) is 9.67 Å². The lowest BCUT2D eigenvalue weighted by molar-refractivity contribution is 0.233. The number of likely N-dealkylation sites (N-methyl/N-ethyl adjacent to an activating group) is 2. The van der Waals surface area contributed by atoms with Crippen LogP contribution in [0.2, 0.25) is 0 Å². The summed E-state index contributed by atoms with van der Waals surface area (Å²) in [4.78, 5) is 0. The fourth-order valence-corrected chi connectivity index (χ4v) is 7.01. The molecule has 0 radical (unpaired) electrons. The summed E-state index contributed by atoms with van der Waals surface area (Å²) < 4.78 is 22.7. The molecule has 0 spiro atoms. The number of fused-ring (bicyclic) bond motifs is 1. The number of methoxy groups -OCH3 is 1. The lowest BCUT2D eigenvalue weighted by Crippen LogP contribution is -2.37. The van der Waals surface area contributed by atoms with Gasteiger partial charge in [0.25, 0.3) is 0 Å². The maximum absolute atomic E-state index is 13.7. The van der Waals surface area contributed by atoms with Crippen molar-refractivity contribution in [2.75, 3.05) is 21.2 Å². The van der Waals surface area contributed by atoms with Gasteiger partial charge in [-0.1, -0.05) is 25.0 Å². The highest BCUT2D eigenvalue weighted by Crippen LogP contribution is 2.69. The molecule has 1 aliphatic heterocycles.